The lowest BCUT2D eigenvalue weighted by atomic mass is 10.1. The van der Waals surface area contributed by atoms with E-state index in [-0.39, 0.29) is 17.1 Å². The zero-order valence-electron chi connectivity index (χ0n) is 11.4. The molecule has 0 spiro atoms. The molecule has 0 fully saturated rings. The second-order valence-corrected chi connectivity index (χ2v) is 4.95. The molecule has 0 bridgehead atoms. The molecular weight excluding hydrogens is 299 g/mol. The molecule has 0 atom stereocenters. The smallest absolute Gasteiger partial charge is 0.352 e. The van der Waals surface area contributed by atoms with Crippen LogP contribution in [-0.4, -0.2) is 20.6 Å². The number of hydrogen-bond acceptors (Lipinski definition) is 3. The Labute approximate surface area is 124 Å². The van der Waals surface area contributed by atoms with E-state index in [2.05, 4.69) is 4.98 Å². The molecule has 0 saturated heterocycles. The fourth-order valence-corrected chi connectivity index (χ4v) is 2.35. The Morgan fingerprint density at radius 3 is 2.71 bits per heavy atom. The maximum Gasteiger partial charge on any atom is 0.352 e. The first-order valence-corrected chi connectivity index (χ1v) is 6.45. The van der Waals surface area contributed by atoms with Gasteiger partial charge in [0, 0.05) is 17.0 Å². The van der Waals surface area contributed by atoms with Crippen LogP contribution in [0.15, 0.2) is 23.0 Å². The molecule has 1 N–H and O–H groups in total. The van der Waals surface area contributed by atoms with Gasteiger partial charge in [-0.2, -0.15) is 4.98 Å². The average molecular weight is 311 g/mol. The van der Waals surface area contributed by atoms with Crippen molar-refractivity contribution in [1.29, 1.82) is 0 Å². The zero-order valence-corrected chi connectivity index (χ0v) is 12.1. The summed E-state index contributed by atoms with van der Waals surface area (Å²) in [6.45, 7) is 3.14. The molecule has 0 saturated carbocycles. The molecule has 1 heterocycles. The number of carboxylic acids is 1. The molecule has 1 aromatic heterocycles. The van der Waals surface area contributed by atoms with Gasteiger partial charge in [0.1, 0.15) is 5.82 Å². The van der Waals surface area contributed by atoms with Gasteiger partial charge in [-0.1, -0.05) is 11.6 Å². The fourth-order valence-electron chi connectivity index (χ4n) is 2.15. The molecule has 1 aromatic carbocycles. The minimum absolute atomic E-state index is 0.137. The highest BCUT2D eigenvalue weighted by Gasteiger charge is 2.17. The molecule has 0 radical (unpaired) electrons. The van der Waals surface area contributed by atoms with Crippen LogP contribution in [0.4, 0.5) is 4.39 Å². The van der Waals surface area contributed by atoms with E-state index in [0.717, 1.165) is 10.6 Å². The molecule has 2 rings (SSSR count). The first-order chi connectivity index (χ1) is 9.81. The van der Waals surface area contributed by atoms with Crippen LogP contribution in [0.3, 0.4) is 0 Å². The van der Waals surface area contributed by atoms with E-state index in [1.165, 1.54) is 12.1 Å². The maximum absolute atomic E-state index is 13.4. The Kier molecular flexibility index (Phi) is 4.09. The molecule has 0 amide bonds. The quantitative estimate of drug-likeness (QED) is 0.944. The number of aromatic nitrogens is 2. The van der Waals surface area contributed by atoms with E-state index >= 15 is 0 Å². The molecular formula is C14H12ClFN2O3. The summed E-state index contributed by atoms with van der Waals surface area (Å²) in [7, 11) is 0. The fraction of sp³-hybridized carbons (Fsp3) is 0.214. The van der Waals surface area contributed by atoms with Gasteiger partial charge >= 0.3 is 11.7 Å². The van der Waals surface area contributed by atoms with Crippen LogP contribution < -0.4 is 5.69 Å². The third-order valence-electron chi connectivity index (χ3n) is 3.14. The molecule has 7 heteroatoms. The Balaban J connectivity index is 2.77. The van der Waals surface area contributed by atoms with Crippen molar-refractivity contribution in [3.05, 3.63) is 56.5 Å². The van der Waals surface area contributed by atoms with Gasteiger partial charge in [0.2, 0.25) is 0 Å². The Morgan fingerprint density at radius 2 is 2.10 bits per heavy atom. The highest BCUT2D eigenvalue weighted by molar-refractivity contribution is 6.32. The van der Waals surface area contributed by atoms with Crippen LogP contribution in [0.25, 0.3) is 5.69 Å². The second-order valence-electron chi connectivity index (χ2n) is 4.55. The second kappa shape index (κ2) is 5.65. The first-order valence-electron chi connectivity index (χ1n) is 6.07. The number of carboxylic acid groups (broad SMARTS) is 1. The van der Waals surface area contributed by atoms with Crippen molar-refractivity contribution in [3.63, 3.8) is 0 Å². The Hall–Kier alpha value is -2.21. The predicted molar refractivity (Wildman–Crippen MR) is 75.6 cm³/mol. The number of halogens is 2. The number of aryl methyl sites for hydroxylation is 1. The average Bonchev–Trinajstić information content (AvgIpc) is 2.38. The van der Waals surface area contributed by atoms with Crippen molar-refractivity contribution < 1.29 is 14.3 Å². The Morgan fingerprint density at radius 1 is 1.43 bits per heavy atom. The number of nitrogens with zero attached hydrogens (tertiary/aromatic N) is 2. The zero-order chi connectivity index (χ0) is 15.7. The molecule has 110 valence electrons. The molecule has 21 heavy (non-hydrogen) atoms. The molecule has 0 unspecified atom stereocenters. The van der Waals surface area contributed by atoms with Gasteiger partial charge in [0.25, 0.3) is 0 Å². The van der Waals surface area contributed by atoms with Crippen LogP contribution >= 0.6 is 11.6 Å². The van der Waals surface area contributed by atoms with Crippen LogP contribution in [0, 0.1) is 19.7 Å². The number of benzene rings is 1. The number of rotatable bonds is 3. The number of carbonyl (C=O) groups is 1. The molecule has 5 nitrogen and oxygen atoms in total. The third-order valence-corrected chi connectivity index (χ3v) is 3.46. The summed E-state index contributed by atoms with van der Waals surface area (Å²) in [6.07, 6.45) is -0.280. The van der Waals surface area contributed by atoms with Gasteiger partial charge in [-0.25, -0.2) is 9.18 Å². The number of hydrogen-bond donors (Lipinski definition) is 1. The maximum atomic E-state index is 13.4. The molecule has 0 aliphatic carbocycles. The molecule has 0 aliphatic rings. The monoisotopic (exact) mass is 310 g/mol. The van der Waals surface area contributed by atoms with Gasteiger partial charge in [0.05, 0.1) is 17.1 Å². The lowest BCUT2D eigenvalue weighted by Gasteiger charge is -2.15. The van der Waals surface area contributed by atoms with Gasteiger partial charge in [-0.3, -0.25) is 9.36 Å². The third kappa shape index (κ3) is 2.95. The van der Waals surface area contributed by atoms with Crippen molar-refractivity contribution in [2.75, 3.05) is 0 Å². The summed E-state index contributed by atoms with van der Waals surface area (Å²) < 4.78 is 14.5. The lowest BCUT2D eigenvalue weighted by Crippen LogP contribution is -2.27. The van der Waals surface area contributed by atoms with E-state index in [0.29, 0.717) is 17.0 Å². The van der Waals surface area contributed by atoms with Gasteiger partial charge in [-0.15, -0.1) is 0 Å². The summed E-state index contributed by atoms with van der Waals surface area (Å²) in [5.74, 6) is -1.60. The predicted octanol–water partition coefficient (Wildman–Crippen LogP) is 2.27. The van der Waals surface area contributed by atoms with Crippen LogP contribution in [0.5, 0.6) is 0 Å². The molecule has 2 aromatic rings. The first kappa shape index (κ1) is 15.2. The van der Waals surface area contributed by atoms with Crippen molar-refractivity contribution >= 4 is 17.6 Å². The SMILES string of the molecule is Cc1nc(=O)n(-c2cc(F)ccc2Cl)c(C)c1CC(=O)O. The van der Waals surface area contributed by atoms with E-state index in [9.17, 15) is 14.0 Å². The van der Waals surface area contributed by atoms with E-state index in [1.54, 1.807) is 13.8 Å². The van der Waals surface area contributed by atoms with Crippen molar-refractivity contribution in [3.8, 4) is 5.69 Å². The highest BCUT2D eigenvalue weighted by atomic mass is 35.5. The van der Waals surface area contributed by atoms with Crippen molar-refractivity contribution in [2.45, 2.75) is 20.3 Å². The van der Waals surface area contributed by atoms with Crippen LogP contribution in [0.1, 0.15) is 17.0 Å². The van der Waals surface area contributed by atoms with Gasteiger partial charge < -0.3 is 5.11 Å². The van der Waals surface area contributed by atoms with E-state index < -0.39 is 17.5 Å². The normalized spacial score (nSPS) is 10.7. The molecule has 0 aliphatic heterocycles. The summed E-state index contributed by atoms with van der Waals surface area (Å²) in [5.41, 5.74) is 0.624. The Bertz CT molecular complexity index is 787. The largest absolute Gasteiger partial charge is 0.481 e. The van der Waals surface area contributed by atoms with Crippen molar-refractivity contribution in [2.24, 2.45) is 0 Å². The minimum Gasteiger partial charge on any atom is -0.481 e. The van der Waals surface area contributed by atoms with Crippen LogP contribution in [-0.2, 0) is 11.2 Å². The van der Waals surface area contributed by atoms with E-state index in [4.69, 9.17) is 16.7 Å². The minimum atomic E-state index is -1.04. The summed E-state index contributed by atoms with van der Waals surface area (Å²) in [4.78, 5) is 26.8. The number of aliphatic carboxylic acids is 1. The summed E-state index contributed by atoms with van der Waals surface area (Å²) in [5, 5.41) is 9.12. The van der Waals surface area contributed by atoms with Crippen molar-refractivity contribution in [1.82, 2.24) is 9.55 Å². The standard InChI is InChI=1S/C14H12ClFN2O3/c1-7-10(6-13(19)20)8(2)18(14(21)17-7)12-5-9(16)3-4-11(12)15/h3-5H,6H2,1-2H3,(H,19,20). The van der Waals surface area contributed by atoms with Gasteiger partial charge in [-0.05, 0) is 32.0 Å². The van der Waals surface area contributed by atoms with E-state index in [1.807, 2.05) is 0 Å². The summed E-state index contributed by atoms with van der Waals surface area (Å²) >= 11 is 6.00. The topological polar surface area (TPSA) is 72.2 Å². The highest BCUT2D eigenvalue weighted by Crippen LogP contribution is 2.23. The van der Waals surface area contributed by atoms with Crippen LogP contribution in [0.2, 0.25) is 5.02 Å². The van der Waals surface area contributed by atoms with Gasteiger partial charge in [0.15, 0.2) is 0 Å². The lowest BCUT2D eigenvalue weighted by molar-refractivity contribution is -0.136. The summed E-state index contributed by atoms with van der Waals surface area (Å²) in [6, 6.07) is 3.61.